The zero-order chi connectivity index (χ0) is 12.5. The fourth-order valence-electron chi connectivity index (χ4n) is 2.68. The van der Waals surface area contributed by atoms with Crippen molar-refractivity contribution in [2.75, 3.05) is 19.7 Å². The molecule has 2 fully saturated rings. The van der Waals surface area contributed by atoms with Crippen LogP contribution in [0, 0.1) is 5.92 Å². The highest BCUT2D eigenvalue weighted by Crippen LogP contribution is 2.29. The number of thiocarbonyl (C=S) groups is 1. The van der Waals surface area contributed by atoms with Crippen molar-refractivity contribution in [2.24, 2.45) is 11.7 Å². The number of nitrogens with zero attached hydrogens (tertiary/aromatic N) is 1. The molecule has 0 aromatic carbocycles. The van der Waals surface area contributed by atoms with Crippen molar-refractivity contribution in [3.05, 3.63) is 0 Å². The normalized spacial score (nSPS) is 33.7. The lowest BCUT2D eigenvalue weighted by atomic mass is 9.94. The van der Waals surface area contributed by atoms with Crippen LogP contribution in [0.25, 0.3) is 0 Å². The molecular weight excluding hydrogens is 236 g/mol. The Bertz CT molecular complexity index is 326. The van der Waals surface area contributed by atoms with Gasteiger partial charge in [-0.15, -0.1) is 0 Å². The zero-order valence-corrected chi connectivity index (χ0v) is 11.1. The van der Waals surface area contributed by atoms with Crippen LogP contribution >= 0.6 is 12.2 Å². The summed E-state index contributed by atoms with van der Waals surface area (Å²) < 4.78 is 5.60. The van der Waals surface area contributed by atoms with Gasteiger partial charge in [-0.25, -0.2) is 0 Å². The number of likely N-dealkylation sites (tertiary alicyclic amines) is 1. The van der Waals surface area contributed by atoms with Crippen molar-refractivity contribution in [3.63, 3.8) is 0 Å². The maximum atomic E-state index is 12.4. The molecule has 0 aliphatic carbocycles. The van der Waals surface area contributed by atoms with Crippen LogP contribution in [0.4, 0.5) is 0 Å². The summed E-state index contributed by atoms with van der Waals surface area (Å²) in [4.78, 5) is 14.8. The SMILES string of the molecule is CC1(C(=O)N2CCCC(C(N)=S)C2)CCCO1. The lowest BCUT2D eigenvalue weighted by Crippen LogP contribution is -2.51. The first-order valence-corrected chi connectivity index (χ1v) is 6.66. The van der Waals surface area contributed by atoms with Gasteiger partial charge in [-0.1, -0.05) is 12.2 Å². The summed E-state index contributed by atoms with van der Waals surface area (Å²) >= 11 is 5.03. The number of carbonyl (C=O) groups excluding carboxylic acids is 1. The van der Waals surface area contributed by atoms with E-state index in [4.69, 9.17) is 22.7 Å². The van der Waals surface area contributed by atoms with E-state index in [0.717, 1.165) is 32.2 Å². The number of rotatable bonds is 2. The molecule has 5 heteroatoms. The van der Waals surface area contributed by atoms with Gasteiger partial charge < -0.3 is 15.4 Å². The summed E-state index contributed by atoms with van der Waals surface area (Å²) in [5.74, 6) is 0.281. The van der Waals surface area contributed by atoms with Gasteiger partial charge in [0.1, 0.15) is 5.60 Å². The molecule has 2 rings (SSSR count). The first-order chi connectivity index (χ1) is 8.03. The molecule has 0 saturated carbocycles. The molecule has 0 bridgehead atoms. The summed E-state index contributed by atoms with van der Waals surface area (Å²) in [5, 5.41) is 0. The third-order valence-electron chi connectivity index (χ3n) is 3.78. The van der Waals surface area contributed by atoms with Crippen LogP contribution < -0.4 is 5.73 Å². The Balaban J connectivity index is 2.01. The van der Waals surface area contributed by atoms with Crippen LogP contribution in [-0.2, 0) is 9.53 Å². The predicted octanol–water partition coefficient (Wildman–Crippen LogP) is 1.08. The molecule has 0 aromatic rings. The summed E-state index contributed by atoms with van der Waals surface area (Å²) in [7, 11) is 0. The molecule has 2 saturated heterocycles. The van der Waals surface area contributed by atoms with Crippen molar-refractivity contribution >= 4 is 23.1 Å². The van der Waals surface area contributed by atoms with Crippen molar-refractivity contribution in [3.8, 4) is 0 Å². The lowest BCUT2D eigenvalue weighted by Gasteiger charge is -2.36. The summed E-state index contributed by atoms with van der Waals surface area (Å²) in [5.41, 5.74) is 5.07. The fraction of sp³-hybridized carbons (Fsp3) is 0.833. The zero-order valence-electron chi connectivity index (χ0n) is 10.3. The van der Waals surface area contributed by atoms with E-state index in [2.05, 4.69) is 0 Å². The lowest BCUT2D eigenvalue weighted by molar-refractivity contribution is -0.152. The number of piperidine rings is 1. The molecule has 0 aromatic heterocycles. The highest BCUT2D eigenvalue weighted by molar-refractivity contribution is 7.80. The van der Waals surface area contributed by atoms with Gasteiger partial charge >= 0.3 is 0 Å². The van der Waals surface area contributed by atoms with Gasteiger partial charge in [0.2, 0.25) is 0 Å². The van der Waals surface area contributed by atoms with Crippen molar-refractivity contribution in [2.45, 2.75) is 38.2 Å². The molecule has 2 aliphatic rings. The van der Waals surface area contributed by atoms with Crippen LogP contribution in [-0.4, -0.2) is 41.1 Å². The third kappa shape index (κ3) is 2.60. The Hall–Kier alpha value is -0.680. The van der Waals surface area contributed by atoms with E-state index in [1.54, 1.807) is 0 Å². The number of hydrogen-bond donors (Lipinski definition) is 1. The number of nitrogens with two attached hydrogens (primary N) is 1. The monoisotopic (exact) mass is 256 g/mol. The second-order valence-electron chi connectivity index (χ2n) is 5.18. The molecule has 2 unspecified atom stereocenters. The molecule has 96 valence electrons. The number of carbonyl (C=O) groups is 1. The molecular formula is C12H20N2O2S. The predicted molar refractivity (Wildman–Crippen MR) is 69.7 cm³/mol. The minimum absolute atomic E-state index is 0.107. The van der Waals surface area contributed by atoms with E-state index in [1.807, 2.05) is 11.8 Å². The van der Waals surface area contributed by atoms with Crippen molar-refractivity contribution < 1.29 is 9.53 Å². The Kier molecular flexibility index (Phi) is 3.68. The van der Waals surface area contributed by atoms with E-state index < -0.39 is 5.60 Å². The van der Waals surface area contributed by atoms with E-state index in [1.165, 1.54) is 0 Å². The van der Waals surface area contributed by atoms with Crippen LogP contribution in [0.15, 0.2) is 0 Å². The third-order valence-corrected chi connectivity index (χ3v) is 4.12. The Labute approximate surface area is 107 Å². The van der Waals surface area contributed by atoms with Gasteiger partial charge in [0.15, 0.2) is 0 Å². The van der Waals surface area contributed by atoms with Gasteiger partial charge in [-0.3, -0.25) is 4.79 Å². The number of amides is 1. The Morgan fingerprint density at radius 2 is 2.29 bits per heavy atom. The van der Waals surface area contributed by atoms with Crippen LogP contribution in [0.5, 0.6) is 0 Å². The minimum atomic E-state index is -0.613. The number of ether oxygens (including phenoxy) is 1. The molecule has 17 heavy (non-hydrogen) atoms. The fourth-order valence-corrected chi connectivity index (χ4v) is 2.87. The van der Waals surface area contributed by atoms with Gasteiger partial charge in [-0.2, -0.15) is 0 Å². The largest absolute Gasteiger partial charge is 0.393 e. The number of hydrogen-bond acceptors (Lipinski definition) is 3. The molecule has 0 spiro atoms. The summed E-state index contributed by atoms with van der Waals surface area (Å²) in [6, 6.07) is 0. The highest BCUT2D eigenvalue weighted by atomic mass is 32.1. The Morgan fingerprint density at radius 1 is 1.53 bits per heavy atom. The molecule has 2 aliphatic heterocycles. The van der Waals surface area contributed by atoms with Gasteiger partial charge in [0.05, 0.1) is 4.99 Å². The quantitative estimate of drug-likeness (QED) is 0.751. The molecule has 2 N–H and O–H groups in total. The standard InChI is InChI=1S/C12H20N2O2S/c1-12(5-3-7-16-12)11(15)14-6-2-4-9(8-14)10(13)17/h9H,2-8H2,1H3,(H2,13,17). The van der Waals surface area contributed by atoms with Crippen LogP contribution in [0.1, 0.15) is 32.6 Å². The molecule has 1 amide bonds. The maximum absolute atomic E-state index is 12.4. The smallest absolute Gasteiger partial charge is 0.254 e. The van der Waals surface area contributed by atoms with Gasteiger partial charge in [0.25, 0.3) is 5.91 Å². The Morgan fingerprint density at radius 3 is 2.88 bits per heavy atom. The second kappa shape index (κ2) is 4.90. The van der Waals surface area contributed by atoms with Crippen molar-refractivity contribution in [1.29, 1.82) is 0 Å². The summed E-state index contributed by atoms with van der Waals surface area (Å²) in [6.45, 7) is 4.05. The minimum Gasteiger partial charge on any atom is -0.393 e. The van der Waals surface area contributed by atoms with E-state index in [9.17, 15) is 4.79 Å². The van der Waals surface area contributed by atoms with Crippen LogP contribution in [0.3, 0.4) is 0 Å². The van der Waals surface area contributed by atoms with E-state index in [0.29, 0.717) is 18.1 Å². The second-order valence-corrected chi connectivity index (χ2v) is 5.65. The molecule has 2 heterocycles. The first-order valence-electron chi connectivity index (χ1n) is 6.25. The molecule has 0 radical (unpaired) electrons. The highest BCUT2D eigenvalue weighted by Gasteiger charge is 2.41. The van der Waals surface area contributed by atoms with E-state index >= 15 is 0 Å². The molecule has 2 atom stereocenters. The summed E-state index contributed by atoms with van der Waals surface area (Å²) in [6.07, 6.45) is 3.76. The average molecular weight is 256 g/mol. The maximum Gasteiger partial charge on any atom is 0.254 e. The van der Waals surface area contributed by atoms with Crippen LogP contribution in [0.2, 0.25) is 0 Å². The van der Waals surface area contributed by atoms with E-state index in [-0.39, 0.29) is 11.8 Å². The first kappa shape index (κ1) is 12.8. The topological polar surface area (TPSA) is 55.6 Å². The average Bonchev–Trinajstić information content (AvgIpc) is 2.76. The van der Waals surface area contributed by atoms with Gasteiger partial charge in [0, 0.05) is 25.6 Å². The van der Waals surface area contributed by atoms with Gasteiger partial charge in [-0.05, 0) is 32.6 Å². The molecule has 4 nitrogen and oxygen atoms in total. The van der Waals surface area contributed by atoms with Crippen molar-refractivity contribution in [1.82, 2.24) is 4.90 Å².